The maximum atomic E-state index is 13.2. The molecule has 0 atom stereocenters. The van der Waals surface area contributed by atoms with Gasteiger partial charge in [-0.15, -0.1) is 0 Å². The van der Waals surface area contributed by atoms with E-state index in [9.17, 15) is 9.18 Å². The lowest BCUT2D eigenvalue weighted by molar-refractivity contribution is 0.626. The molecule has 1 heterocycles. The van der Waals surface area contributed by atoms with Crippen molar-refractivity contribution in [1.82, 2.24) is 9.78 Å². The second kappa shape index (κ2) is 7.95. The number of hydrogen-bond donors (Lipinski definition) is 1. The van der Waals surface area contributed by atoms with Crippen LogP contribution in [0.15, 0.2) is 58.3 Å². The molecule has 4 nitrogen and oxygen atoms in total. The van der Waals surface area contributed by atoms with Gasteiger partial charge in [0, 0.05) is 11.9 Å². The molecule has 26 heavy (non-hydrogen) atoms. The Bertz CT molecular complexity index is 950. The predicted molar refractivity (Wildman–Crippen MR) is 103 cm³/mol. The number of halogens is 1. The highest BCUT2D eigenvalue weighted by atomic mass is 19.1. The van der Waals surface area contributed by atoms with Gasteiger partial charge in [0.2, 0.25) is 0 Å². The number of hydrogen-bond acceptors (Lipinski definition) is 2. The molecule has 3 rings (SSSR count). The van der Waals surface area contributed by atoms with E-state index in [4.69, 9.17) is 0 Å². The quantitative estimate of drug-likeness (QED) is 0.650. The average molecular weight is 351 g/mol. The molecule has 0 unspecified atom stereocenters. The van der Waals surface area contributed by atoms with E-state index in [1.54, 1.807) is 18.3 Å². The highest BCUT2D eigenvalue weighted by molar-refractivity contribution is 5.83. The number of benzene rings is 2. The van der Waals surface area contributed by atoms with Crippen molar-refractivity contribution in [2.75, 3.05) is 0 Å². The highest BCUT2D eigenvalue weighted by Crippen LogP contribution is 2.15. The zero-order valence-corrected chi connectivity index (χ0v) is 15.0. The van der Waals surface area contributed by atoms with Crippen molar-refractivity contribution in [3.05, 3.63) is 81.5 Å². The van der Waals surface area contributed by atoms with Crippen molar-refractivity contribution in [1.29, 1.82) is 0 Å². The molecule has 0 fully saturated rings. The van der Waals surface area contributed by atoms with Crippen molar-refractivity contribution < 1.29 is 4.39 Å². The van der Waals surface area contributed by atoms with Crippen LogP contribution in [0.5, 0.6) is 0 Å². The smallest absolute Gasteiger partial charge is 0.280 e. The molecular weight excluding hydrogens is 329 g/mol. The van der Waals surface area contributed by atoms with Crippen LogP contribution < -0.4 is 5.56 Å². The summed E-state index contributed by atoms with van der Waals surface area (Å²) >= 11 is 0. The van der Waals surface area contributed by atoms with Gasteiger partial charge in [-0.05, 0) is 54.8 Å². The van der Waals surface area contributed by atoms with Crippen molar-refractivity contribution in [2.24, 2.45) is 4.99 Å². The van der Waals surface area contributed by atoms with E-state index < -0.39 is 0 Å². The molecule has 0 saturated heterocycles. The Morgan fingerprint density at radius 2 is 1.77 bits per heavy atom. The molecule has 134 valence electrons. The fraction of sp³-hybridized carbons (Fsp3) is 0.238. The van der Waals surface area contributed by atoms with Crippen LogP contribution in [0.4, 0.5) is 10.1 Å². The first-order chi connectivity index (χ1) is 12.6. The van der Waals surface area contributed by atoms with Gasteiger partial charge in [0.25, 0.3) is 5.56 Å². The molecule has 0 aliphatic carbocycles. The van der Waals surface area contributed by atoms with Gasteiger partial charge in [-0.2, -0.15) is 0 Å². The standard InChI is InChI=1S/C21H22FN3O/c1-3-5-20-19(14-23-17-10-6-15(4-2)7-11-17)21(26)25(24-20)18-12-8-16(22)9-13-18/h6-14,24H,3-5H2,1-2H3. The summed E-state index contributed by atoms with van der Waals surface area (Å²) in [4.78, 5) is 17.3. The normalized spacial score (nSPS) is 11.3. The number of nitrogens with zero attached hydrogens (tertiary/aromatic N) is 2. The minimum absolute atomic E-state index is 0.186. The van der Waals surface area contributed by atoms with Crippen molar-refractivity contribution in [2.45, 2.75) is 33.1 Å². The molecule has 5 heteroatoms. The first kappa shape index (κ1) is 17.9. The van der Waals surface area contributed by atoms with E-state index in [1.807, 2.05) is 24.3 Å². The lowest BCUT2D eigenvalue weighted by Gasteiger charge is -2.01. The number of rotatable bonds is 6. The molecule has 0 bridgehead atoms. The van der Waals surface area contributed by atoms with Crippen LogP contribution in [-0.2, 0) is 12.8 Å². The van der Waals surface area contributed by atoms with Crippen molar-refractivity contribution >= 4 is 11.9 Å². The molecular formula is C21H22FN3O. The average Bonchev–Trinajstić information content (AvgIpc) is 2.97. The van der Waals surface area contributed by atoms with Gasteiger partial charge >= 0.3 is 0 Å². The monoisotopic (exact) mass is 351 g/mol. The van der Waals surface area contributed by atoms with Gasteiger partial charge < -0.3 is 0 Å². The summed E-state index contributed by atoms with van der Waals surface area (Å²) in [7, 11) is 0. The third-order valence-electron chi connectivity index (χ3n) is 4.28. The molecule has 0 radical (unpaired) electrons. The van der Waals surface area contributed by atoms with E-state index in [0.29, 0.717) is 11.3 Å². The number of aromatic amines is 1. The third kappa shape index (κ3) is 3.82. The Hall–Kier alpha value is -2.95. The van der Waals surface area contributed by atoms with Crippen LogP contribution in [0.25, 0.3) is 5.69 Å². The molecule has 0 saturated carbocycles. The van der Waals surface area contributed by atoms with Crippen LogP contribution in [0.1, 0.15) is 37.1 Å². The van der Waals surface area contributed by atoms with Crippen LogP contribution in [0, 0.1) is 5.82 Å². The zero-order valence-electron chi connectivity index (χ0n) is 15.0. The largest absolute Gasteiger partial charge is 0.294 e. The summed E-state index contributed by atoms with van der Waals surface area (Å²) in [6, 6.07) is 13.8. The first-order valence-electron chi connectivity index (χ1n) is 8.85. The summed E-state index contributed by atoms with van der Waals surface area (Å²) in [5.41, 5.74) is 3.83. The van der Waals surface area contributed by atoms with Crippen LogP contribution in [0.2, 0.25) is 0 Å². The summed E-state index contributed by atoms with van der Waals surface area (Å²) in [5.74, 6) is -0.334. The number of nitrogens with one attached hydrogen (secondary N) is 1. The number of aryl methyl sites for hydroxylation is 2. The minimum atomic E-state index is -0.334. The maximum absolute atomic E-state index is 13.2. The van der Waals surface area contributed by atoms with E-state index in [2.05, 4.69) is 23.9 Å². The summed E-state index contributed by atoms with van der Waals surface area (Å²) < 4.78 is 14.6. The van der Waals surface area contributed by atoms with Crippen LogP contribution >= 0.6 is 0 Å². The maximum Gasteiger partial charge on any atom is 0.280 e. The Balaban J connectivity index is 1.98. The Morgan fingerprint density at radius 3 is 2.38 bits per heavy atom. The van der Waals surface area contributed by atoms with Gasteiger partial charge in [-0.1, -0.05) is 32.4 Å². The fourth-order valence-corrected chi connectivity index (χ4v) is 2.80. The van der Waals surface area contributed by atoms with Gasteiger partial charge in [0.05, 0.1) is 16.9 Å². The lowest BCUT2D eigenvalue weighted by atomic mass is 10.1. The summed E-state index contributed by atoms with van der Waals surface area (Å²) in [5, 5.41) is 3.13. The number of H-pyrrole nitrogens is 1. The van der Waals surface area contributed by atoms with Gasteiger partial charge in [0.15, 0.2) is 0 Å². The van der Waals surface area contributed by atoms with E-state index in [1.165, 1.54) is 22.4 Å². The highest BCUT2D eigenvalue weighted by Gasteiger charge is 2.13. The second-order valence-electron chi connectivity index (χ2n) is 6.15. The zero-order chi connectivity index (χ0) is 18.5. The lowest BCUT2D eigenvalue weighted by Crippen LogP contribution is -2.17. The number of aliphatic imine (C=N–C) groups is 1. The van der Waals surface area contributed by atoms with Gasteiger partial charge in [-0.3, -0.25) is 14.9 Å². The second-order valence-corrected chi connectivity index (χ2v) is 6.15. The topological polar surface area (TPSA) is 50.1 Å². The van der Waals surface area contributed by atoms with E-state index in [-0.39, 0.29) is 11.4 Å². The fourth-order valence-electron chi connectivity index (χ4n) is 2.80. The molecule has 2 aromatic carbocycles. The molecule has 0 spiro atoms. The Labute approximate surface area is 152 Å². The third-order valence-corrected chi connectivity index (χ3v) is 4.28. The van der Waals surface area contributed by atoms with E-state index >= 15 is 0 Å². The van der Waals surface area contributed by atoms with E-state index in [0.717, 1.165) is 30.6 Å². The molecule has 3 aromatic rings. The predicted octanol–water partition coefficient (Wildman–Crippen LogP) is 4.57. The van der Waals surface area contributed by atoms with Crippen molar-refractivity contribution in [3.8, 4) is 5.69 Å². The molecule has 1 N–H and O–H groups in total. The van der Waals surface area contributed by atoms with Crippen LogP contribution in [-0.4, -0.2) is 16.0 Å². The van der Waals surface area contributed by atoms with Crippen molar-refractivity contribution in [3.63, 3.8) is 0 Å². The van der Waals surface area contributed by atoms with Gasteiger partial charge in [-0.25, -0.2) is 9.07 Å². The Morgan fingerprint density at radius 1 is 1.08 bits per heavy atom. The molecule has 0 amide bonds. The summed E-state index contributed by atoms with van der Waals surface area (Å²) in [6.07, 6.45) is 4.23. The molecule has 0 aliphatic heterocycles. The molecule has 1 aromatic heterocycles. The Kier molecular flexibility index (Phi) is 5.46. The first-order valence-corrected chi connectivity index (χ1v) is 8.85. The molecule has 0 aliphatic rings. The minimum Gasteiger partial charge on any atom is -0.294 e. The summed E-state index contributed by atoms with van der Waals surface area (Å²) in [6.45, 7) is 4.16. The SMILES string of the molecule is CCCc1[nH]n(-c2ccc(F)cc2)c(=O)c1C=Nc1ccc(CC)cc1. The number of aromatic nitrogens is 2. The van der Waals surface area contributed by atoms with Crippen LogP contribution in [0.3, 0.4) is 0 Å². The van der Waals surface area contributed by atoms with Gasteiger partial charge in [0.1, 0.15) is 5.82 Å².